The second-order valence-corrected chi connectivity index (χ2v) is 6.20. The summed E-state index contributed by atoms with van der Waals surface area (Å²) >= 11 is 3.47. The molecule has 16 heavy (non-hydrogen) atoms. The van der Waals surface area contributed by atoms with Crippen molar-refractivity contribution in [3.8, 4) is 9.88 Å². The molecule has 2 aromatic heterocycles. The van der Waals surface area contributed by atoms with Crippen LogP contribution in [0.2, 0.25) is 0 Å². The average Bonchev–Trinajstić information content (AvgIpc) is 2.83. The largest absolute Gasteiger partial charge is 0.326 e. The molecule has 0 radical (unpaired) electrons. The average molecular weight is 252 g/mol. The van der Waals surface area contributed by atoms with Crippen LogP contribution in [0, 0.1) is 5.92 Å². The molecular weight excluding hydrogens is 236 g/mol. The van der Waals surface area contributed by atoms with Crippen LogP contribution in [0.25, 0.3) is 9.88 Å². The van der Waals surface area contributed by atoms with Crippen molar-refractivity contribution >= 4 is 22.7 Å². The highest BCUT2D eigenvalue weighted by atomic mass is 32.1. The lowest BCUT2D eigenvalue weighted by atomic mass is 10.1. The van der Waals surface area contributed by atoms with E-state index in [1.807, 2.05) is 0 Å². The van der Waals surface area contributed by atoms with E-state index in [1.165, 1.54) is 15.4 Å². The van der Waals surface area contributed by atoms with Crippen LogP contribution >= 0.6 is 22.7 Å². The lowest BCUT2D eigenvalue weighted by molar-refractivity contribution is 0.634. The van der Waals surface area contributed by atoms with Crippen molar-refractivity contribution in [2.45, 2.75) is 26.8 Å². The number of thiazole rings is 1. The van der Waals surface area contributed by atoms with Gasteiger partial charge in [0.05, 0.1) is 10.6 Å². The van der Waals surface area contributed by atoms with E-state index in [9.17, 15) is 0 Å². The first-order chi connectivity index (χ1) is 7.70. The zero-order valence-corrected chi connectivity index (χ0v) is 11.2. The molecule has 0 aliphatic heterocycles. The number of thiophene rings is 1. The molecule has 0 saturated carbocycles. The standard InChI is InChI=1S/C12H16N2S2/c1-8(2)6-9-11(7-13)16-12(14-9)10-4-3-5-15-10/h3-5,8H,6-7,13H2,1-2H3. The summed E-state index contributed by atoms with van der Waals surface area (Å²) in [5.74, 6) is 0.628. The third kappa shape index (κ3) is 2.51. The molecule has 2 rings (SSSR count). The third-order valence-electron chi connectivity index (χ3n) is 2.30. The van der Waals surface area contributed by atoms with Crippen molar-refractivity contribution in [1.29, 1.82) is 0 Å². The Kier molecular flexibility index (Phi) is 3.74. The van der Waals surface area contributed by atoms with Crippen molar-refractivity contribution < 1.29 is 0 Å². The van der Waals surface area contributed by atoms with Gasteiger partial charge in [0.15, 0.2) is 0 Å². The predicted molar refractivity (Wildman–Crippen MR) is 71.9 cm³/mol. The van der Waals surface area contributed by atoms with Gasteiger partial charge in [0, 0.05) is 11.4 Å². The molecule has 0 fully saturated rings. The second-order valence-electron chi connectivity index (χ2n) is 4.17. The normalized spacial score (nSPS) is 11.2. The van der Waals surface area contributed by atoms with Gasteiger partial charge in [-0.15, -0.1) is 22.7 Å². The molecule has 0 amide bonds. The molecule has 0 saturated heterocycles. The van der Waals surface area contributed by atoms with E-state index < -0.39 is 0 Å². The van der Waals surface area contributed by atoms with Crippen LogP contribution in [0.1, 0.15) is 24.4 Å². The highest BCUT2D eigenvalue weighted by Gasteiger charge is 2.12. The summed E-state index contributed by atoms with van der Waals surface area (Å²) in [6.45, 7) is 5.03. The van der Waals surface area contributed by atoms with Crippen LogP contribution in [0.15, 0.2) is 17.5 Å². The molecule has 0 aliphatic carbocycles. The molecule has 0 bridgehead atoms. The molecular formula is C12H16N2S2. The van der Waals surface area contributed by atoms with E-state index in [4.69, 9.17) is 10.7 Å². The molecule has 2 aromatic rings. The Hall–Kier alpha value is -0.710. The third-order valence-corrected chi connectivity index (χ3v) is 4.46. The summed E-state index contributed by atoms with van der Waals surface area (Å²) in [6.07, 6.45) is 1.02. The number of aromatic nitrogens is 1. The van der Waals surface area contributed by atoms with E-state index in [2.05, 4.69) is 31.4 Å². The zero-order chi connectivity index (χ0) is 11.5. The van der Waals surface area contributed by atoms with Gasteiger partial charge in [0.25, 0.3) is 0 Å². The lowest BCUT2D eigenvalue weighted by Crippen LogP contribution is -2.01. The number of rotatable bonds is 4. The molecule has 0 aromatic carbocycles. The van der Waals surface area contributed by atoms with Gasteiger partial charge in [0.2, 0.25) is 0 Å². The Balaban J connectivity index is 2.32. The van der Waals surface area contributed by atoms with Crippen molar-refractivity contribution in [2.24, 2.45) is 11.7 Å². The number of hydrogen-bond donors (Lipinski definition) is 1. The number of nitrogens with two attached hydrogens (primary N) is 1. The van der Waals surface area contributed by atoms with Crippen LogP contribution in [-0.2, 0) is 13.0 Å². The van der Waals surface area contributed by atoms with E-state index in [-0.39, 0.29) is 0 Å². The molecule has 2 N–H and O–H groups in total. The lowest BCUT2D eigenvalue weighted by Gasteiger charge is -2.02. The maximum Gasteiger partial charge on any atom is 0.133 e. The molecule has 2 heterocycles. The van der Waals surface area contributed by atoms with Crippen molar-refractivity contribution in [2.75, 3.05) is 0 Å². The summed E-state index contributed by atoms with van der Waals surface area (Å²) < 4.78 is 0. The van der Waals surface area contributed by atoms with Gasteiger partial charge in [-0.25, -0.2) is 4.98 Å². The van der Waals surface area contributed by atoms with Gasteiger partial charge >= 0.3 is 0 Å². The molecule has 2 nitrogen and oxygen atoms in total. The maximum absolute atomic E-state index is 5.77. The van der Waals surface area contributed by atoms with Crippen LogP contribution in [0.3, 0.4) is 0 Å². The Morgan fingerprint density at radius 3 is 2.81 bits per heavy atom. The van der Waals surface area contributed by atoms with E-state index in [0.717, 1.165) is 11.4 Å². The first-order valence-electron chi connectivity index (χ1n) is 5.43. The fraction of sp³-hybridized carbons (Fsp3) is 0.417. The van der Waals surface area contributed by atoms with Gasteiger partial charge < -0.3 is 5.73 Å². The Labute approximate surface area is 104 Å². The number of nitrogens with zero attached hydrogens (tertiary/aromatic N) is 1. The summed E-state index contributed by atoms with van der Waals surface area (Å²) in [4.78, 5) is 7.19. The molecule has 0 aliphatic rings. The fourth-order valence-corrected chi connectivity index (χ4v) is 3.36. The van der Waals surface area contributed by atoms with Crippen LogP contribution in [-0.4, -0.2) is 4.98 Å². The van der Waals surface area contributed by atoms with Gasteiger partial charge in [-0.1, -0.05) is 19.9 Å². The minimum atomic E-state index is 0.602. The highest BCUT2D eigenvalue weighted by Crippen LogP contribution is 2.31. The summed E-state index contributed by atoms with van der Waals surface area (Å²) in [5.41, 5.74) is 6.95. The Morgan fingerprint density at radius 2 is 2.25 bits per heavy atom. The topological polar surface area (TPSA) is 38.9 Å². The number of hydrogen-bond acceptors (Lipinski definition) is 4. The fourth-order valence-electron chi connectivity index (χ4n) is 1.59. The Bertz CT molecular complexity index is 444. The maximum atomic E-state index is 5.77. The first kappa shape index (κ1) is 11.8. The summed E-state index contributed by atoms with van der Waals surface area (Å²) in [5, 5.41) is 3.20. The van der Waals surface area contributed by atoms with Crippen molar-refractivity contribution in [1.82, 2.24) is 4.98 Å². The van der Waals surface area contributed by atoms with Gasteiger partial charge in [-0.2, -0.15) is 0 Å². The minimum Gasteiger partial charge on any atom is -0.326 e. The SMILES string of the molecule is CC(C)Cc1nc(-c2cccs2)sc1CN. The molecule has 0 spiro atoms. The van der Waals surface area contributed by atoms with Crippen molar-refractivity contribution in [3.63, 3.8) is 0 Å². The predicted octanol–water partition coefficient (Wildman–Crippen LogP) is 3.53. The first-order valence-corrected chi connectivity index (χ1v) is 7.13. The molecule has 0 atom stereocenters. The zero-order valence-electron chi connectivity index (χ0n) is 9.56. The molecule has 4 heteroatoms. The minimum absolute atomic E-state index is 0.602. The second kappa shape index (κ2) is 5.08. The van der Waals surface area contributed by atoms with Gasteiger partial charge in [-0.05, 0) is 23.8 Å². The van der Waals surface area contributed by atoms with Crippen molar-refractivity contribution in [3.05, 3.63) is 28.1 Å². The summed E-state index contributed by atoms with van der Waals surface area (Å²) in [7, 11) is 0. The van der Waals surface area contributed by atoms with E-state index in [0.29, 0.717) is 12.5 Å². The molecule has 86 valence electrons. The van der Waals surface area contributed by atoms with Crippen LogP contribution in [0.4, 0.5) is 0 Å². The van der Waals surface area contributed by atoms with Gasteiger partial charge in [-0.3, -0.25) is 0 Å². The van der Waals surface area contributed by atoms with Gasteiger partial charge in [0.1, 0.15) is 5.01 Å². The van der Waals surface area contributed by atoms with E-state index in [1.54, 1.807) is 22.7 Å². The monoisotopic (exact) mass is 252 g/mol. The smallest absolute Gasteiger partial charge is 0.133 e. The molecule has 0 unspecified atom stereocenters. The highest BCUT2D eigenvalue weighted by molar-refractivity contribution is 7.21. The van der Waals surface area contributed by atoms with Crippen LogP contribution < -0.4 is 5.73 Å². The van der Waals surface area contributed by atoms with E-state index >= 15 is 0 Å². The van der Waals surface area contributed by atoms with Crippen LogP contribution in [0.5, 0.6) is 0 Å². The quantitative estimate of drug-likeness (QED) is 0.904. The Morgan fingerprint density at radius 1 is 1.44 bits per heavy atom. The summed E-state index contributed by atoms with van der Waals surface area (Å²) in [6, 6.07) is 4.18.